The van der Waals surface area contributed by atoms with Gasteiger partial charge in [-0.2, -0.15) is 0 Å². The van der Waals surface area contributed by atoms with E-state index in [0.717, 1.165) is 4.90 Å². The van der Waals surface area contributed by atoms with Crippen LogP contribution in [0.25, 0.3) is 21.9 Å². The first kappa shape index (κ1) is 11.3. The normalized spacial score (nSPS) is 10.7. The summed E-state index contributed by atoms with van der Waals surface area (Å²) in [5.41, 5.74) is 2.40. The van der Waals surface area contributed by atoms with Crippen molar-refractivity contribution in [2.45, 2.75) is 4.90 Å². The van der Waals surface area contributed by atoms with Crippen molar-refractivity contribution in [1.29, 1.82) is 0 Å². The fraction of sp³-hybridized carbons (Fsp3) is 0. The number of hydrogen-bond acceptors (Lipinski definition) is 2. The second-order valence-corrected chi connectivity index (χ2v) is 4.85. The van der Waals surface area contributed by atoms with E-state index in [4.69, 9.17) is 5.14 Å². The second-order valence-electron chi connectivity index (χ2n) is 4.18. The fourth-order valence-corrected chi connectivity index (χ4v) is 2.63. The molecule has 0 radical (unpaired) electrons. The van der Waals surface area contributed by atoms with E-state index in [9.17, 15) is 0 Å². The van der Waals surface area contributed by atoms with Crippen molar-refractivity contribution in [3.8, 4) is 11.1 Å². The van der Waals surface area contributed by atoms with Crippen LogP contribution in [0.2, 0.25) is 0 Å². The lowest BCUT2D eigenvalue weighted by Crippen LogP contribution is -1.85. The van der Waals surface area contributed by atoms with Gasteiger partial charge in [-0.15, -0.1) is 0 Å². The maximum atomic E-state index is 5.72. The zero-order valence-corrected chi connectivity index (χ0v) is 10.7. The summed E-state index contributed by atoms with van der Waals surface area (Å²) in [6.07, 6.45) is 0. The molecule has 0 amide bonds. The summed E-state index contributed by atoms with van der Waals surface area (Å²) in [6, 6.07) is 23.1. The van der Waals surface area contributed by atoms with Crippen LogP contribution in [-0.2, 0) is 0 Å². The molecule has 0 spiro atoms. The molecule has 0 heterocycles. The van der Waals surface area contributed by atoms with Gasteiger partial charge in [0.15, 0.2) is 0 Å². The Kier molecular flexibility index (Phi) is 3.05. The molecule has 3 aromatic carbocycles. The Hall–Kier alpha value is -1.77. The topological polar surface area (TPSA) is 26.0 Å². The van der Waals surface area contributed by atoms with E-state index in [1.54, 1.807) is 0 Å². The Morgan fingerprint density at radius 1 is 0.722 bits per heavy atom. The van der Waals surface area contributed by atoms with Crippen molar-refractivity contribution in [2.75, 3.05) is 0 Å². The van der Waals surface area contributed by atoms with Crippen LogP contribution in [0.5, 0.6) is 0 Å². The van der Waals surface area contributed by atoms with E-state index in [1.165, 1.54) is 33.8 Å². The van der Waals surface area contributed by atoms with Gasteiger partial charge in [-0.05, 0) is 46.0 Å². The lowest BCUT2D eigenvalue weighted by molar-refractivity contribution is 1.45. The van der Waals surface area contributed by atoms with Crippen molar-refractivity contribution >= 4 is 22.7 Å². The average molecular weight is 251 g/mol. The molecule has 2 heteroatoms. The van der Waals surface area contributed by atoms with E-state index in [2.05, 4.69) is 54.6 Å². The Bertz CT molecular complexity index is 691. The fourth-order valence-electron chi connectivity index (χ4n) is 2.16. The molecule has 1 nitrogen and oxygen atoms in total. The lowest BCUT2D eigenvalue weighted by atomic mass is 10.0. The van der Waals surface area contributed by atoms with Gasteiger partial charge in [0.1, 0.15) is 0 Å². The van der Waals surface area contributed by atoms with E-state index in [-0.39, 0.29) is 0 Å². The molecule has 0 aromatic heterocycles. The van der Waals surface area contributed by atoms with E-state index >= 15 is 0 Å². The van der Waals surface area contributed by atoms with Gasteiger partial charge in [0.05, 0.1) is 0 Å². The Morgan fingerprint density at radius 2 is 1.44 bits per heavy atom. The second kappa shape index (κ2) is 4.84. The zero-order valence-electron chi connectivity index (χ0n) is 9.84. The highest BCUT2D eigenvalue weighted by Crippen LogP contribution is 2.30. The first-order valence-electron chi connectivity index (χ1n) is 5.83. The van der Waals surface area contributed by atoms with Crippen molar-refractivity contribution in [2.24, 2.45) is 5.14 Å². The van der Waals surface area contributed by atoms with Crippen molar-refractivity contribution < 1.29 is 0 Å². The first-order chi connectivity index (χ1) is 8.88. The van der Waals surface area contributed by atoms with E-state index in [1.807, 2.05) is 12.1 Å². The van der Waals surface area contributed by atoms with Gasteiger partial charge in [-0.3, -0.25) is 5.14 Å². The van der Waals surface area contributed by atoms with Crippen LogP contribution < -0.4 is 5.14 Å². The molecule has 0 aliphatic carbocycles. The third-order valence-corrected chi connectivity index (χ3v) is 3.68. The molecule has 0 aliphatic heterocycles. The van der Waals surface area contributed by atoms with Crippen LogP contribution in [0, 0.1) is 0 Å². The summed E-state index contributed by atoms with van der Waals surface area (Å²) in [6.45, 7) is 0. The molecular weight excluding hydrogens is 238 g/mol. The number of nitrogens with two attached hydrogens (primary N) is 1. The molecule has 0 atom stereocenters. The SMILES string of the molecule is NSc1ccccc1-c1ccc2ccccc2c1. The summed E-state index contributed by atoms with van der Waals surface area (Å²) in [5.74, 6) is 0. The molecule has 18 heavy (non-hydrogen) atoms. The maximum Gasteiger partial charge on any atom is 0.0304 e. The number of fused-ring (bicyclic) bond motifs is 1. The number of benzene rings is 3. The van der Waals surface area contributed by atoms with Gasteiger partial charge in [0.2, 0.25) is 0 Å². The molecule has 2 N–H and O–H groups in total. The molecule has 0 unspecified atom stereocenters. The molecule has 0 fully saturated rings. The lowest BCUT2D eigenvalue weighted by Gasteiger charge is -2.08. The first-order valence-corrected chi connectivity index (χ1v) is 6.71. The van der Waals surface area contributed by atoms with Gasteiger partial charge in [0.25, 0.3) is 0 Å². The summed E-state index contributed by atoms with van der Waals surface area (Å²) in [5, 5.41) is 8.24. The number of rotatable bonds is 2. The van der Waals surface area contributed by atoms with Crippen LogP contribution in [-0.4, -0.2) is 0 Å². The van der Waals surface area contributed by atoms with Crippen LogP contribution in [0.15, 0.2) is 71.6 Å². The third kappa shape index (κ3) is 2.01. The third-order valence-electron chi connectivity index (χ3n) is 3.07. The predicted octanol–water partition coefficient (Wildman–Crippen LogP) is 4.47. The zero-order chi connectivity index (χ0) is 12.4. The van der Waals surface area contributed by atoms with Gasteiger partial charge in [-0.1, -0.05) is 54.6 Å². The molecule has 88 valence electrons. The smallest absolute Gasteiger partial charge is 0.0304 e. The Morgan fingerprint density at radius 3 is 2.28 bits per heavy atom. The van der Waals surface area contributed by atoms with Crippen LogP contribution in [0.4, 0.5) is 0 Å². The highest BCUT2D eigenvalue weighted by atomic mass is 32.2. The quantitative estimate of drug-likeness (QED) is 0.680. The highest BCUT2D eigenvalue weighted by molar-refractivity contribution is 7.97. The minimum atomic E-state index is 1.10. The summed E-state index contributed by atoms with van der Waals surface area (Å²) in [7, 11) is 0. The highest BCUT2D eigenvalue weighted by Gasteiger charge is 2.04. The molecule has 3 rings (SSSR count). The summed E-state index contributed by atoms with van der Waals surface area (Å²) in [4.78, 5) is 1.10. The van der Waals surface area contributed by atoms with Gasteiger partial charge in [-0.25, -0.2) is 0 Å². The minimum Gasteiger partial charge on any atom is -0.274 e. The van der Waals surface area contributed by atoms with Gasteiger partial charge >= 0.3 is 0 Å². The van der Waals surface area contributed by atoms with Crippen LogP contribution in [0.1, 0.15) is 0 Å². The van der Waals surface area contributed by atoms with Crippen molar-refractivity contribution in [3.05, 3.63) is 66.7 Å². The van der Waals surface area contributed by atoms with Crippen molar-refractivity contribution in [3.63, 3.8) is 0 Å². The standard InChI is InChI=1S/C16H13NS/c17-18-16-8-4-3-7-15(16)14-10-9-12-5-1-2-6-13(12)11-14/h1-11H,17H2. The predicted molar refractivity (Wildman–Crippen MR) is 79.4 cm³/mol. The molecule has 0 saturated heterocycles. The van der Waals surface area contributed by atoms with Crippen LogP contribution >= 0.6 is 11.9 Å². The molecule has 0 aliphatic rings. The van der Waals surface area contributed by atoms with E-state index in [0.29, 0.717) is 0 Å². The molecule has 3 aromatic rings. The Labute approximate surface area is 111 Å². The monoisotopic (exact) mass is 251 g/mol. The largest absolute Gasteiger partial charge is 0.274 e. The summed E-state index contributed by atoms with van der Waals surface area (Å²) < 4.78 is 0. The van der Waals surface area contributed by atoms with Crippen molar-refractivity contribution in [1.82, 2.24) is 0 Å². The maximum absolute atomic E-state index is 5.72. The minimum absolute atomic E-state index is 1.10. The molecule has 0 bridgehead atoms. The molecular formula is C16H13NS. The average Bonchev–Trinajstić information content (AvgIpc) is 2.46. The van der Waals surface area contributed by atoms with Gasteiger partial charge in [0, 0.05) is 4.90 Å². The summed E-state index contributed by atoms with van der Waals surface area (Å²) >= 11 is 1.30. The number of hydrogen-bond donors (Lipinski definition) is 1. The Balaban J connectivity index is 2.19. The van der Waals surface area contributed by atoms with Crippen LogP contribution in [0.3, 0.4) is 0 Å². The molecule has 0 saturated carbocycles. The van der Waals surface area contributed by atoms with Gasteiger partial charge < -0.3 is 0 Å². The van der Waals surface area contributed by atoms with E-state index < -0.39 is 0 Å².